The molecule has 0 aromatic carbocycles. The molecule has 0 bridgehead atoms. The summed E-state index contributed by atoms with van der Waals surface area (Å²) in [6, 6.07) is 0. The average Bonchev–Trinajstić information content (AvgIpc) is 2.86. The molecule has 0 nitrogen and oxygen atoms in total. The van der Waals surface area contributed by atoms with E-state index in [1.54, 1.807) is 103 Å². The first kappa shape index (κ1) is 25.1. The minimum atomic E-state index is 1.08. The molecule has 4 aliphatic rings. The Morgan fingerprint density at radius 3 is 0.969 bits per heavy atom. The van der Waals surface area contributed by atoms with Crippen LogP contribution in [0, 0.1) is 47.3 Å². The second-order valence-electron chi connectivity index (χ2n) is 13.2. The maximum Gasteiger partial charge on any atom is -0.0386 e. The van der Waals surface area contributed by atoms with Crippen molar-refractivity contribution < 1.29 is 0 Å². The predicted octanol–water partition coefficient (Wildman–Crippen LogP) is 10.6. The van der Waals surface area contributed by atoms with Crippen molar-refractivity contribution >= 4 is 0 Å². The molecule has 4 fully saturated rings. The van der Waals surface area contributed by atoms with E-state index in [-0.39, 0.29) is 0 Å². The van der Waals surface area contributed by atoms with Crippen LogP contribution in [0.3, 0.4) is 0 Å². The molecule has 0 amide bonds. The smallest absolute Gasteiger partial charge is 0.0386 e. The van der Waals surface area contributed by atoms with Crippen LogP contribution in [0.1, 0.15) is 155 Å². The average molecular weight is 443 g/mol. The lowest BCUT2D eigenvalue weighted by atomic mass is 9.63. The fourth-order valence-electron chi connectivity index (χ4n) is 9.16. The van der Waals surface area contributed by atoms with Crippen LogP contribution < -0.4 is 0 Å². The summed E-state index contributed by atoms with van der Waals surface area (Å²) in [5.74, 6) is 8.82. The Labute approximate surface area is 202 Å². The molecule has 0 aromatic heterocycles. The van der Waals surface area contributed by atoms with E-state index in [0.29, 0.717) is 0 Å². The maximum atomic E-state index is 2.38. The van der Waals surface area contributed by atoms with Crippen molar-refractivity contribution in [2.24, 2.45) is 47.3 Å². The minimum absolute atomic E-state index is 1.08. The first-order chi connectivity index (χ1) is 15.8. The summed E-state index contributed by atoms with van der Waals surface area (Å²) in [5, 5.41) is 0. The standard InChI is InChI=1S/C32H58/c1-3-5-6-8-26-11-15-28(16-12-26)30-19-23-32(24-20-30)31-21-17-29(18-22-31)27-13-9-25(7-4-2)10-14-27/h25-32H,3-24H2,1-2H3/t25-,26?,27-,28?,29?,30?,31?,32?. The van der Waals surface area contributed by atoms with Gasteiger partial charge in [0.25, 0.3) is 0 Å². The summed E-state index contributed by atoms with van der Waals surface area (Å²) in [6.45, 7) is 4.72. The SMILES string of the molecule is CCCCCC1CCC(C2CCC(C3CCC([C@H]4CC[C@H](CCC)CC4)CC3)CC2)CC1. The first-order valence-electron chi connectivity index (χ1n) is 15.8. The fourth-order valence-corrected chi connectivity index (χ4v) is 9.16. The second-order valence-corrected chi connectivity index (χ2v) is 13.2. The second kappa shape index (κ2) is 13.2. The zero-order valence-corrected chi connectivity index (χ0v) is 22.2. The Hall–Kier alpha value is 0. The molecule has 0 aromatic rings. The monoisotopic (exact) mass is 442 g/mol. The van der Waals surface area contributed by atoms with Gasteiger partial charge in [0.05, 0.1) is 0 Å². The van der Waals surface area contributed by atoms with Crippen molar-refractivity contribution in [3.63, 3.8) is 0 Å². The van der Waals surface area contributed by atoms with Gasteiger partial charge >= 0.3 is 0 Å². The van der Waals surface area contributed by atoms with Gasteiger partial charge in [0, 0.05) is 0 Å². The third-order valence-electron chi connectivity index (χ3n) is 11.3. The van der Waals surface area contributed by atoms with E-state index >= 15 is 0 Å². The Balaban J connectivity index is 1.11. The molecule has 4 aliphatic carbocycles. The fraction of sp³-hybridized carbons (Fsp3) is 1.00. The number of rotatable bonds is 9. The predicted molar refractivity (Wildman–Crippen MR) is 141 cm³/mol. The molecule has 0 aliphatic heterocycles. The number of unbranched alkanes of at least 4 members (excludes halogenated alkanes) is 2. The van der Waals surface area contributed by atoms with Crippen LogP contribution in [0.4, 0.5) is 0 Å². The van der Waals surface area contributed by atoms with Crippen LogP contribution in [0.5, 0.6) is 0 Å². The van der Waals surface area contributed by atoms with Gasteiger partial charge in [-0.2, -0.15) is 0 Å². The molecule has 32 heavy (non-hydrogen) atoms. The lowest BCUT2D eigenvalue weighted by Crippen LogP contribution is -2.31. The van der Waals surface area contributed by atoms with Crippen molar-refractivity contribution in [3.05, 3.63) is 0 Å². The molecule has 0 spiro atoms. The molecule has 0 saturated heterocycles. The van der Waals surface area contributed by atoms with Crippen LogP contribution in [0.25, 0.3) is 0 Å². The Bertz CT molecular complexity index is 476. The summed E-state index contributed by atoms with van der Waals surface area (Å²) >= 11 is 0. The molecule has 4 rings (SSSR count). The van der Waals surface area contributed by atoms with E-state index in [1.807, 2.05) is 0 Å². The van der Waals surface area contributed by atoms with E-state index < -0.39 is 0 Å². The molecule has 4 saturated carbocycles. The highest BCUT2D eigenvalue weighted by molar-refractivity contribution is 4.88. The molecule has 0 N–H and O–H groups in total. The summed E-state index contributed by atoms with van der Waals surface area (Å²) in [7, 11) is 0. The molecule has 186 valence electrons. The van der Waals surface area contributed by atoms with Crippen LogP contribution in [-0.2, 0) is 0 Å². The van der Waals surface area contributed by atoms with Crippen molar-refractivity contribution in [1.82, 2.24) is 0 Å². The van der Waals surface area contributed by atoms with Gasteiger partial charge in [-0.25, -0.2) is 0 Å². The summed E-state index contributed by atoms with van der Waals surface area (Å²) in [4.78, 5) is 0. The third-order valence-corrected chi connectivity index (χ3v) is 11.3. The highest BCUT2D eigenvalue weighted by Gasteiger charge is 2.36. The zero-order valence-electron chi connectivity index (χ0n) is 22.2. The van der Waals surface area contributed by atoms with Gasteiger partial charge in [-0.1, -0.05) is 78.1 Å². The maximum absolute atomic E-state index is 2.38. The van der Waals surface area contributed by atoms with Gasteiger partial charge in [-0.05, 0) is 124 Å². The Kier molecular flexibility index (Phi) is 10.3. The largest absolute Gasteiger partial charge is 0.0654 e. The normalized spacial score (nSPS) is 41.4. The topological polar surface area (TPSA) is 0 Å². The third kappa shape index (κ3) is 7.01. The molecular weight excluding hydrogens is 384 g/mol. The van der Waals surface area contributed by atoms with E-state index in [4.69, 9.17) is 0 Å². The van der Waals surface area contributed by atoms with Gasteiger partial charge < -0.3 is 0 Å². The van der Waals surface area contributed by atoms with E-state index in [2.05, 4.69) is 13.8 Å². The van der Waals surface area contributed by atoms with Crippen LogP contribution in [-0.4, -0.2) is 0 Å². The minimum Gasteiger partial charge on any atom is -0.0654 e. The summed E-state index contributed by atoms with van der Waals surface area (Å²) in [6.07, 6.45) is 34.1. The number of hydrogen-bond acceptors (Lipinski definition) is 0. The van der Waals surface area contributed by atoms with Gasteiger partial charge in [0.15, 0.2) is 0 Å². The summed E-state index contributed by atoms with van der Waals surface area (Å²) in [5.41, 5.74) is 0. The Morgan fingerprint density at radius 2 is 0.656 bits per heavy atom. The molecule has 0 heterocycles. The van der Waals surface area contributed by atoms with Gasteiger partial charge in [0.2, 0.25) is 0 Å². The Morgan fingerprint density at radius 1 is 0.344 bits per heavy atom. The molecule has 0 atom stereocenters. The van der Waals surface area contributed by atoms with Gasteiger partial charge in [-0.3, -0.25) is 0 Å². The molecule has 0 heteroatoms. The van der Waals surface area contributed by atoms with Crippen LogP contribution in [0.15, 0.2) is 0 Å². The van der Waals surface area contributed by atoms with Gasteiger partial charge in [0.1, 0.15) is 0 Å². The summed E-state index contributed by atoms with van der Waals surface area (Å²) < 4.78 is 0. The van der Waals surface area contributed by atoms with Crippen molar-refractivity contribution in [2.45, 2.75) is 155 Å². The van der Waals surface area contributed by atoms with E-state index in [9.17, 15) is 0 Å². The first-order valence-corrected chi connectivity index (χ1v) is 15.8. The zero-order chi connectivity index (χ0) is 22.2. The van der Waals surface area contributed by atoms with Gasteiger partial charge in [-0.15, -0.1) is 0 Å². The molecular formula is C32H58. The van der Waals surface area contributed by atoms with E-state index in [1.165, 1.54) is 38.5 Å². The van der Waals surface area contributed by atoms with Crippen molar-refractivity contribution in [1.29, 1.82) is 0 Å². The van der Waals surface area contributed by atoms with Crippen LogP contribution >= 0.6 is 0 Å². The highest BCUT2D eigenvalue weighted by atomic mass is 14.4. The lowest BCUT2D eigenvalue weighted by molar-refractivity contribution is 0.0848. The quantitative estimate of drug-likeness (QED) is 0.311. The molecule has 0 unspecified atom stereocenters. The van der Waals surface area contributed by atoms with Crippen molar-refractivity contribution in [3.8, 4) is 0 Å². The van der Waals surface area contributed by atoms with E-state index in [0.717, 1.165) is 47.3 Å². The molecule has 0 radical (unpaired) electrons. The lowest BCUT2D eigenvalue weighted by Gasteiger charge is -2.43. The number of hydrogen-bond donors (Lipinski definition) is 0. The van der Waals surface area contributed by atoms with Crippen molar-refractivity contribution in [2.75, 3.05) is 0 Å². The van der Waals surface area contributed by atoms with Crippen LogP contribution in [0.2, 0.25) is 0 Å². The highest BCUT2D eigenvalue weighted by Crippen LogP contribution is 2.48.